The first kappa shape index (κ1) is 12.0. The summed E-state index contributed by atoms with van der Waals surface area (Å²) in [6.07, 6.45) is 3.67. The molecule has 0 saturated heterocycles. The molecule has 0 rings (SSSR count). The third-order valence-corrected chi connectivity index (χ3v) is 3.01. The SMILES string of the molecule is CCC(CCl)CCC(C)=C(C)C. The molecule has 1 heteroatoms. The van der Waals surface area contributed by atoms with Crippen molar-refractivity contribution < 1.29 is 0 Å². The van der Waals surface area contributed by atoms with Gasteiger partial charge in [-0.05, 0) is 39.5 Å². The Hall–Kier alpha value is 0.0300. The number of halogens is 1. The molecule has 0 saturated carbocycles. The minimum atomic E-state index is 0.709. The predicted octanol–water partition coefficient (Wildman–Crippen LogP) is 4.39. The Labute approximate surface area is 82.0 Å². The zero-order valence-electron chi connectivity index (χ0n) is 8.78. The number of hydrogen-bond acceptors (Lipinski definition) is 0. The fourth-order valence-corrected chi connectivity index (χ4v) is 1.43. The maximum absolute atomic E-state index is 5.81. The van der Waals surface area contributed by atoms with Crippen LogP contribution in [0.2, 0.25) is 0 Å². The monoisotopic (exact) mass is 188 g/mol. The number of allylic oxidation sites excluding steroid dienone is 2. The zero-order chi connectivity index (χ0) is 9.56. The average Bonchev–Trinajstić information content (AvgIpc) is 2.05. The summed E-state index contributed by atoms with van der Waals surface area (Å²) in [5.41, 5.74) is 2.98. The normalized spacial score (nSPS) is 12.8. The molecule has 0 amide bonds. The highest BCUT2D eigenvalue weighted by atomic mass is 35.5. The first-order chi connectivity index (χ1) is 5.61. The standard InChI is InChI=1S/C11H21Cl/c1-5-11(8-12)7-6-10(4)9(2)3/h11H,5-8H2,1-4H3. The van der Waals surface area contributed by atoms with E-state index in [2.05, 4.69) is 27.7 Å². The van der Waals surface area contributed by atoms with Crippen molar-refractivity contribution in [3.05, 3.63) is 11.1 Å². The summed E-state index contributed by atoms with van der Waals surface area (Å²) < 4.78 is 0. The molecule has 0 aliphatic carbocycles. The molecule has 0 fully saturated rings. The van der Waals surface area contributed by atoms with Crippen molar-refractivity contribution in [2.24, 2.45) is 5.92 Å². The molecule has 0 aromatic heterocycles. The molecule has 0 aromatic rings. The van der Waals surface area contributed by atoms with Gasteiger partial charge in [-0.3, -0.25) is 0 Å². The van der Waals surface area contributed by atoms with Gasteiger partial charge in [0.15, 0.2) is 0 Å². The molecule has 0 nitrogen and oxygen atoms in total. The molecule has 0 N–H and O–H groups in total. The smallest absolute Gasteiger partial charge is 0.0251 e. The van der Waals surface area contributed by atoms with Crippen molar-refractivity contribution >= 4 is 11.6 Å². The second kappa shape index (κ2) is 6.54. The highest BCUT2D eigenvalue weighted by Crippen LogP contribution is 2.18. The van der Waals surface area contributed by atoms with Gasteiger partial charge in [0, 0.05) is 5.88 Å². The van der Waals surface area contributed by atoms with Gasteiger partial charge in [0.1, 0.15) is 0 Å². The van der Waals surface area contributed by atoms with E-state index in [1.54, 1.807) is 0 Å². The molecule has 72 valence electrons. The van der Waals surface area contributed by atoms with Crippen LogP contribution in [0.5, 0.6) is 0 Å². The van der Waals surface area contributed by atoms with E-state index in [-0.39, 0.29) is 0 Å². The van der Waals surface area contributed by atoms with Gasteiger partial charge in [-0.1, -0.05) is 24.5 Å². The van der Waals surface area contributed by atoms with Crippen molar-refractivity contribution in [2.45, 2.75) is 47.0 Å². The number of rotatable bonds is 5. The van der Waals surface area contributed by atoms with Crippen LogP contribution in [0.1, 0.15) is 47.0 Å². The van der Waals surface area contributed by atoms with E-state index in [0.717, 1.165) is 5.88 Å². The van der Waals surface area contributed by atoms with E-state index < -0.39 is 0 Å². The second-order valence-electron chi connectivity index (χ2n) is 3.75. The second-order valence-corrected chi connectivity index (χ2v) is 4.06. The lowest BCUT2D eigenvalue weighted by Crippen LogP contribution is -2.00. The van der Waals surface area contributed by atoms with Crippen LogP contribution < -0.4 is 0 Å². The molecule has 1 unspecified atom stereocenters. The van der Waals surface area contributed by atoms with Gasteiger partial charge in [0.25, 0.3) is 0 Å². The van der Waals surface area contributed by atoms with Gasteiger partial charge in [-0.15, -0.1) is 11.6 Å². The topological polar surface area (TPSA) is 0 Å². The van der Waals surface area contributed by atoms with Gasteiger partial charge in [0.2, 0.25) is 0 Å². The van der Waals surface area contributed by atoms with E-state index in [1.165, 1.54) is 30.4 Å². The first-order valence-corrected chi connectivity index (χ1v) is 5.34. The van der Waals surface area contributed by atoms with Crippen molar-refractivity contribution in [3.8, 4) is 0 Å². The van der Waals surface area contributed by atoms with E-state index in [9.17, 15) is 0 Å². The van der Waals surface area contributed by atoms with Crippen LogP contribution in [0, 0.1) is 5.92 Å². The van der Waals surface area contributed by atoms with Crippen molar-refractivity contribution in [1.29, 1.82) is 0 Å². The summed E-state index contributed by atoms with van der Waals surface area (Å²) in [6.45, 7) is 8.79. The number of hydrogen-bond donors (Lipinski definition) is 0. The Morgan fingerprint density at radius 1 is 1.25 bits per heavy atom. The average molecular weight is 189 g/mol. The molecular formula is C11H21Cl. The van der Waals surface area contributed by atoms with Gasteiger partial charge in [-0.25, -0.2) is 0 Å². The van der Waals surface area contributed by atoms with E-state index in [0.29, 0.717) is 5.92 Å². The minimum Gasteiger partial charge on any atom is -0.126 e. The molecule has 1 atom stereocenters. The van der Waals surface area contributed by atoms with Gasteiger partial charge in [-0.2, -0.15) is 0 Å². The quantitative estimate of drug-likeness (QED) is 0.444. The Morgan fingerprint density at radius 3 is 2.17 bits per heavy atom. The molecule has 12 heavy (non-hydrogen) atoms. The van der Waals surface area contributed by atoms with Crippen LogP contribution in [-0.2, 0) is 0 Å². The van der Waals surface area contributed by atoms with Crippen LogP contribution >= 0.6 is 11.6 Å². The largest absolute Gasteiger partial charge is 0.126 e. The maximum Gasteiger partial charge on any atom is 0.0251 e. The van der Waals surface area contributed by atoms with Crippen LogP contribution in [0.4, 0.5) is 0 Å². The summed E-state index contributed by atoms with van der Waals surface area (Å²) in [5.74, 6) is 1.52. The lowest BCUT2D eigenvalue weighted by Gasteiger charge is -2.11. The highest BCUT2D eigenvalue weighted by molar-refractivity contribution is 6.18. The van der Waals surface area contributed by atoms with Crippen LogP contribution in [0.3, 0.4) is 0 Å². The van der Waals surface area contributed by atoms with Gasteiger partial charge in [0.05, 0.1) is 0 Å². The van der Waals surface area contributed by atoms with E-state index in [1.807, 2.05) is 0 Å². The molecule has 0 aromatic carbocycles. The van der Waals surface area contributed by atoms with Gasteiger partial charge < -0.3 is 0 Å². The minimum absolute atomic E-state index is 0.709. The molecule has 0 heterocycles. The maximum atomic E-state index is 5.81. The first-order valence-electron chi connectivity index (χ1n) is 4.80. The molecule has 0 aliphatic heterocycles. The summed E-state index contributed by atoms with van der Waals surface area (Å²) in [5, 5.41) is 0. The zero-order valence-corrected chi connectivity index (χ0v) is 9.54. The lowest BCUT2D eigenvalue weighted by atomic mass is 9.98. The van der Waals surface area contributed by atoms with E-state index in [4.69, 9.17) is 11.6 Å². The molecule has 0 aliphatic rings. The Bertz CT molecular complexity index is 139. The molecule has 0 radical (unpaired) electrons. The van der Waals surface area contributed by atoms with E-state index >= 15 is 0 Å². The fraction of sp³-hybridized carbons (Fsp3) is 0.818. The summed E-state index contributed by atoms with van der Waals surface area (Å²) >= 11 is 5.81. The van der Waals surface area contributed by atoms with Crippen molar-refractivity contribution in [1.82, 2.24) is 0 Å². The van der Waals surface area contributed by atoms with Crippen LogP contribution in [-0.4, -0.2) is 5.88 Å². The predicted molar refractivity (Wildman–Crippen MR) is 57.8 cm³/mol. The Balaban J connectivity index is 3.74. The van der Waals surface area contributed by atoms with Gasteiger partial charge >= 0.3 is 0 Å². The summed E-state index contributed by atoms with van der Waals surface area (Å²) in [6, 6.07) is 0. The molecule has 0 bridgehead atoms. The Kier molecular flexibility index (Phi) is 6.55. The fourth-order valence-electron chi connectivity index (χ4n) is 1.06. The highest BCUT2D eigenvalue weighted by Gasteiger charge is 2.04. The summed E-state index contributed by atoms with van der Waals surface area (Å²) in [4.78, 5) is 0. The van der Waals surface area contributed by atoms with Crippen LogP contribution in [0.25, 0.3) is 0 Å². The van der Waals surface area contributed by atoms with Crippen LogP contribution in [0.15, 0.2) is 11.1 Å². The van der Waals surface area contributed by atoms with Crippen molar-refractivity contribution in [3.63, 3.8) is 0 Å². The lowest BCUT2D eigenvalue weighted by molar-refractivity contribution is 0.520. The molecule has 0 spiro atoms. The third-order valence-electron chi connectivity index (χ3n) is 2.58. The Morgan fingerprint density at radius 2 is 1.83 bits per heavy atom. The third kappa shape index (κ3) is 4.82. The number of alkyl halides is 1. The summed E-state index contributed by atoms with van der Waals surface area (Å²) in [7, 11) is 0. The van der Waals surface area contributed by atoms with Crippen molar-refractivity contribution in [2.75, 3.05) is 5.88 Å². The molecular weight excluding hydrogens is 168 g/mol.